The summed E-state index contributed by atoms with van der Waals surface area (Å²) >= 11 is 0. The monoisotopic (exact) mass is 439 g/mol. The van der Waals surface area contributed by atoms with Crippen molar-refractivity contribution < 1.29 is 10.0 Å². The molecule has 0 saturated carbocycles. The molecular weight excluding hydrogens is 413 g/mol. The van der Waals surface area contributed by atoms with E-state index in [2.05, 4.69) is 52.2 Å². The first-order valence-electron chi connectivity index (χ1n) is 9.03. The van der Waals surface area contributed by atoms with Crippen molar-refractivity contribution in [2.24, 2.45) is 0 Å². The number of hydroxylamine groups is 1. The molecule has 7 nitrogen and oxygen atoms in total. The number of halogens is 2. The van der Waals surface area contributed by atoms with Gasteiger partial charge < -0.3 is 5.32 Å². The van der Waals surface area contributed by atoms with Crippen molar-refractivity contribution in [2.45, 2.75) is 32.9 Å². The van der Waals surface area contributed by atoms with Gasteiger partial charge in [-0.2, -0.15) is 0 Å². The van der Waals surface area contributed by atoms with Gasteiger partial charge in [0.15, 0.2) is 0 Å². The van der Waals surface area contributed by atoms with E-state index in [0.717, 1.165) is 31.9 Å². The van der Waals surface area contributed by atoms with Crippen molar-refractivity contribution in [2.75, 3.05) is 18.4 Å². The number of benzene rings is 1. The van der Waals surface area contributed by atoms with Crippen LogP contribution in [0.1, 0.15) is 28.8 Å². The summed E-state index contributed by atoms with van der Waals surface area (Å²) in [6.07, 6.45) is 6.99. The van der Waals surface area contributed by atoms with E-state index in [1.165, 1.54) is 34.3 Å². The average molecular weight is 440 g/mol. The molecule has 0 unspecified atom stereocenters. The molecule has 29 heavy (non-hydrogen) atoms. The minimum absolute atomic E-state index is 0. The van der Waals surface area contributed by atoms with Gasteiger partial charge in [-0.05, 0) is 43.0 Å². The van der Waals surface area contributed by atoms with Crippen molar-refractivity contribution in [1.82, 2.24) is 20.3 Å². The molecule has 1 aliphatic rings. The third-order valence-corrected chi connectivity index (χ3v) is 4.92. The zero-order chi connectivity index (χ0) is 19.2. The van der Waals surface area contributed by atoms with Crippen molar-refractivity contribution in [3.63, 3.8) is 0 Å². The number of aromatic nitrogens is 2. The van der Waals surface area contributed by atoms with Crippen molar-refractivity contribution in [3.8, 4) is 0 Å². The van der Waals surface area contributed by atoms with Gasteiger partial charge in [-0.3, -0.25) is 19.9 Å². The second-order valence-electron chi connectivity index (χ2n) is 6.86. The molecule has 0 aliphatic carbocycles. The minimum atomic E-state index is -0.603. The number of rotatable bonds is 6. The summed E-state index contributed by atoms with van der Waals surface area (Å²) in [4.78, 5) is 22.0. The van der Waals surface area contributed by atoms with E-state index in [0.29, 0.717) is 11.7 Å². The highest BCUT2D eigenvalue weighted by Crippen LogP contribution is 2.20. The van der Waals surface area contributed by atoms with Crippen LogP contribution >= 0.6 is 24.8 Å². The number of carbonyl (C=O) groups excluding carboxylic acids is 1. The average Bonchev–Trinajstić information content (AvgIpc) is 3.11. The van der Waals surface area contributed by atoms with Gasteiger partial charge in [0.05, 0.1) is 18.1 Å². The second-order valence-corrected chi connectivity index (χ2v) is 6.86. The van der Waals surface area contributed by atoms with Crippen LogP contribution in [0, 0.1) is 13.8 Å². The molecule has 1 amide bonds. The molecule has 0 bridgehead atoms. The fourth-order valence-corrected chi connectivity index (χ4v) is 3.22. The first-order chi connectivity index (χ1) is 13.0. The lowest BCUT2D eigenvalue weighted by Crippen LogP contribution is -2.26. The molecule has 9 heteroatoms. The summed E-state index contributed by atoms with van der Waals surface area (Å²) in [6, 6.07) is 6.82. The highest BCUT2D eigenvalue weighted by atomic mass is 35.5. The van der Waals surface area contributed by atoms with Crippen LogP contribution in [0.3, 0.4) is 0 Å². The van der Waals surface area contributed by atoms with Crippen LogP contribution in [0.5, 0.6) is 0 Å². The van der Waals surface area contributed by atoms with Gasteiger partial charge in [0, 0.05) is 31.8 Å². The largest absolute Gasteiger partial charge is 0.365 e. The zero-order valence-electron chi connectivity index (χ0n) is 16.5. The third kappa shape index (κ3) is 6.97. The molecule has 0 spiro atoms. The summed E-state index contributed by atoms with van der Waals surface area (Å²) in [5, 5.41) is 11.9. The number of likely N-dealkylation sites (tertiary alicyclic amines) is 1. The van der Waals surface area contributed by atoms with E-state index in [1.807, 2.05) is 0 Å². The van der Waals surface area contributed by atoms with Gasteiger partial charge >= 0.3 is 0 Å². The molecule has 158 valence electrons. The van der Waals surface area contributed by atoms with Crippen molar-refractivity contribution >= 4 is 42.6 Å². The number of anilines is 1. The fraction of sp³-hybridized carbons (Fsp3) is 0.350. The first kappa shape index (κ1) is 24.8. The van der Waals surface area contributed by atoms with Gasteiger partial charge in [0.1, 0.15) is 5.82 Å². The van der Waals surface area contributed by atoms with Gasteiger partial charge in [-0.25, -0.2) is 10.5 Å². The Bertz CT molecular complexity index is 830. The SMILES string of the molecule is Cc1cccc(CN2CC[C@@H](Nc3cnc(C=CC(=O)NO)cn3)C2)c1C.Cl.Cl. The van der Waals surface area contributed by atoms with Crippen LogP contribution in [0.2, 0.25) is 0 Å². The molecule has 3 N–H and O–H groups in total. The Hall–Kier alpha value is -2.19. The van der Waals surface area contributed by atoms with Crippen LogP contribution in [0.25, 0.3) is 6.08 Å². The lowest BCUT2D eigenvalue weighted by atomic mass is 10.0. The molecule has 1 aromatic heterocycles. The van der Waals surface area contributed by atoms with E-state index in [9.17, 15) is 4.79 Å². The van der Waals surface area contributed by atoms with Crippen LogP contribution in [-0.2, 0) is 11.3 Å². The summed E-state index contributed by atoms with van der Waals surface area (Å²) in [7, 11) is 0. The van der Waals surface area contributed by atoms with Gasteiger partial charge in [-0.15, -0.1) is 24.8 Å². The highest BCUT2D eigenvalue weighted by molar-refractivity contribution is 5.90. The molecule has 1 atom stereocenters. The Balaban J connectivity index is 0.00000210. The molecule has 1 fully saturated rings. The number of nitrogens with zero attached hydrogens (tertiary/aromatic N) is 3. The second kappa shape index (κ2) is 11.7. The summed E-state index contributed by atoms with van der Waals surface area (Å²) < 4.78 is 0. The number of hydrogen-bond acceptors (Lipinski definition) is 6. The van der Waals surface area contributed by atoms with E-state index < -0.39 is 5.91 Å². The highest BCUT2D eigenvalue weighted by Gasteiger charge is 2.23. The molecule has 2 heterocycles. The number of nitrogens with one attached hydrogen (secondary N) is 2. The smallest absolute Gasteiger partial charge is 0.267 e. The van der Waals surface area contributed by atoms with E-state index >= 15 is 0 Å². The van der Waals surface area contributed by atoms with Gasteiger partial charge in [0.25, 0.3) is 5.91 Å². The normalized spacial score (nSPS) is 16.2. The molecule has 1 aliphatic heterocycles. The molecular formula is C20H27Cl2N5O2. The Morgan fingerprint density at radius 1 is 1.28 bits per heavy atom. The maximum Gasteiger partial charge on any atom is 0.267 e. The number of amides is 1. The summed E-state index contributed by atoms with van der Waals surface area (Å²) in [6.45, 7) is 7.32. The predicted octanol–water partition coefficient (Wildman–Crippen LogP) is 3.14. The number of carbonyl (C=O) groups is 1. The third-order valence-electron chi connectivity index (χ3n) is 4.92. The molecule has 2 aromatic rings. The number of aryl methyl sites for hydroxylation is 1. The Morgan fingerprint density at radius 2 is 2.07 bits per heavy atom. The lowest BCUT2D eigenvalue weighted by Gasteiger charge is -2.19. The van der Waals surface area contributed by atoms with E-state index in [4.69, 9.17) is 5.21 Å². The molecule has 1 saturated heterocycles. The van der Waals surface area contributed by atoms with Crippen LogP contribution < -0.4 is 10.8 Å². The zero-order valence-corrected chi connectivity index (χ0v) is 18.1. The van der Waals surface area contributed by atoms with Crippen LogP contribution in [-0.4, -0.2) is 45.1 Å². The molecule has 3 rings (SSSR count). The topological polar surface area (TPSA) is 90.4 Å². The summed E-state index contributed by atoms with van der Waals surface area (Å²) in [5.74, 6) is 0.117. The van der Waals surface area contributed by atoms with Gasteiger partial charge in [0.2, 0.25) is 0 Å². The summed E-state index contributed by atoms with van der Waals surface area (Å²) in [5.41, 5.74) is 6.18. The quantitative estimate of drug-likeness (QED) is 0.363. The Morgan fingerprint density at radius 3 is 2.76 bits per heavy atom. The predicted molar refractivity (Wildman–Crippen MR) is 119 cm³/mol. The standard InChI is InChI=1S/C20H25N5O2.2ClH/c1-14-4-3-5-16(15(14)2)12-25-9-8-18(13-25)23-19-11-21-17(10-22-19)6-7-20(26)24-27;;/h3-7,10-11,18,27H,8-9,12-13H2,1-2H3,(H,22,23)(H,24,26);2*1H/t18-;;/m1../s1. The maximum atomic E-state index is 11.0. The fourth-order valence-electron chi connectivity index (χ4n) is 3.22. The van der Waals surface area contributed by atoms with Crippen molar-refractivity contribution in [1.29, 1.82) is 0 Å². The van der Waals surface area contributed by atoms with E-state index in [-0.39, 0.29) is 24.8 Å². The molecule has 0 radical (unpaired) electrons. The molecule has 1 aromatic carbocycles. The van der Waals surface area contributed by atoms with Crippen LogP contribution in [0.15, 0.2) is 36.7 Å². The number of hydrogen-bond donors (Lipinski definition) is 3. The Kier molecular flexibility index (Phi) is 10.0. The minimum Gasteiger partial charge on any atom is -0.365 e. The Labute approximate surface area is 183 Å². The maximum absolute atomic E-state index is 11.0. The van der Waals surface area contributed by atoms with Crippen LogP contribution in [0.4, 0.5) is 5.82 Å². The van der Waals surface area contributed by atoms with Crippen molar-refractivity contribution in [3.05, 3.63) is 59.1 Å². The van der Waals surface area contributed by atoms with Gasteiger partial charge in [-0.1, -0.05) is 18.2 Å². The van der Waals surface area contributed by atoms with E-state index in [1.54, 1.807) is 12.4 Å². The first-order valence-corrected chi connectivity index (χ1v) is 9.03. The lowest BCUT2D eigenvalue weighted by molar-refractivity contribution is -0.124.